The van der Waals surface area contributed by atoms with Crippen LogP contribution in [-0.2, 0) is 16.0 Å². The van der Waals surface area contributed by atoms with Crippen molar-refractivity contribution in [2.24, 2.45) is 0 Å². The van der Waals surface area contributed by atoms with Crippen LogP contribution in [0, 0.1) is 0 Å². The number of hydrogen-bond acceptors (Lipinski definition) is 2. The van der Waals surface area contributed by atoms with Crippen LogP contribution < -0.4 is 0 Å². The highest BCUT2D eigenvalue weighted by Gasteiger charge is 2.10. The van der Waals surface area contributed by atoms with Gasteiger partial charge in [-0.05, 0) is 40.5 Å². The lowest BCUT2D eigenvalue weighted by atomic mass is 10.1. The van der Waals surface area contributed by atoms with E-state index in [0.29, 0.717) is 11.6 Å². The van der Waals surface area contributed by atoms with Crippen molar-refractivity contribution in [2.75, 3.05) is 6.61 Å². The molecule has 15 heavy (non-hydrogen) atoms. The van der Waals surface area contributed by atoms with Crippen LogP contribution in [0.4, 0.5) is 0 Å². The van der Waals surface area contributed by atoms with Crippen LogP contribution in [0.1, 0.15) is 12.5 Å². The molecule has 82 valence electrons. The summed E-state index contributed by atoms with van der Waals surface area (Å²) in [5.74, 6) is -0.253. The molecule has 0 fully saturated rings. The predicted molar refractivity (Wildman–Crippen MR) is 67.2 cm³/mol. The molecule has 2 nitrogen and oxygen atoms in total. The molecule has 0 amide bonds. The van der Waals surface area contributed by atoms with E-state index in [0.717, 1.165) is 14.5 Å². The fourth-order valence-corrected chi connectivity index (χ4v) is 2.39. The topological polar surface area (TPSA) is 26.3 Å². The Morgan fingerprint density at radius 3 is 2.67 bits per heavy atom. The van der Waals surface area contributed by atoms with E-state index in [-0.39, 0.29) is 12.4 Å². The molecular weight excluding hydrogens is 347 g/mol. The zero-order valence-corrected chi connectivity index (χ0v) is 11.9. The maximum atomic E-state index is 11.3. The van der Waals surface area contributed by atoms with Crippen molar-refractivity contribution in [1.82, 2.24) is 0 Å². The fraction of sp³-hybridized carbons (Fsp3) is 0.300. The molecule has 0 N–H and O–H groups in total. The van der Waals surface area contributed by atoms with Crippen molar-refractivity contribution in [2.45, 2.75) is 13.3 Å². The molecule has 0 aliphatic heterocycles. The van der Waals surface area contributed by atoms with Gasteiger partial charge in [0.15, 0.2) is 0 Å². The number of hydrogen-bond donors (Lipinski definition) is 0. The molecule has 1 rings (SSSR count). The van der Waals surface area contributed by atoms with E-state index in [2.05, 4.69) is 31.9 Å². The average Bonchev–Trinajstić information content (AvgIpc) is 2.14. The highest BCUT2D eigenvalue weighted by atomic mass is 79.9. The van der Waals surface area contributed by atoms with Crippen LogP contribution >= 0.6 is 43.5 Å². The van der Waals surface area contributed by atoms with Gasteiger partial charge in [-0.2, -0.15) is 0 Å². The van der Waals surface area contributed by atoms with Gasteiger partial charge in [0.25, 0.3) is 0 Å². The predicted octanol–water partition coefficient (Wildman–Crippen LogP) is 3.97. The number of ether oxygens (including phenoxy) is 1. The molecule has 0 atom stereocenters. The normalized spacial score (nSPS) is 10.1. The highest BCUT2D eigenvalue weighted by molar-refractivity contribution is 9.11. The average molecular weight is 356 g/mol. The van der Waals surface area contributed by atoms with Crippen molar-refractivity contribution in [3.05, 3.63) is 31.7 Å². The smallest absolute Gasteiger partial charge is 0.310 e. The Labute approximate surface area is 110 Å². The molecule has 0 saturated heterocycles. The Kier molecular flexibility index (Phi) is 5.09. The number of halogens is 3. The molecule has 0 bridgehead atoms. The van der Waals surface area contributed by atoms with Crippen molar-refractivity contribution in [1.29, 1.82) is 0 Å². The summed E-state index contributed by atoms with van der Waals surface area (Å²) >= 11 is 12.6. The number of benzene rings is 1. The maximum absolute atomic E-state index is 11.3. The van der Waals surface area contributed by atoms with Gasteiger partial charge in [-0.25, -0.2) is 0 Å². The maximum Gasteiger partial charge on any atom is 0.310 e. The van der Waals surface area contributed by atoms with Gasteiger partial charge in [-0.15, -0.1) is 0 Å². The van der Waals surface area contributed by atoms with Crippen molar-refractivity contribution >= 4 is 49.4 Å². The monoisotopic (exact) mass is 354 g/mol. The molecule has 0 heterocycles. The molecule has 0 saturated carbocycles. The van der Waals surface area contributed by atoms with Crippen molar-refractivity contribution < 1.29 is 9.53 Å². The molecule has 5 heteroatoms. The Morgan fingerprint density at radius 2 is 2.07 bits per heavy atom. The van der Waals surface area contributed by atoms with E-state index in [1.807, 2.05) is 6.07 Å². The summed E-state index contributed by atoms with van der Waals surface area (Å²) in [6.45, 7) is 2.17. The minimum absolute atomic E-state index is 0.224. The van der Waals surface area contributed by atoms with Gasteiger partial charge in [0.05, 0.1) is 18.1 Å². The Hall–Kier alpha value is -0.0600. The quantitative estimate of drug-likeness (QED) is 0.605. The second-order valence-corrected chi connectivity index (χ2v) is 4.96. The van der Waals surface area contributed by atoms with Crippen LogP contribution in [0.2, 0.25) is 5.02 Å². The summed E-state index contributed by atoms with van der Waals surface area (Å²) < 4.78 is 6.49. The summed E-state index contributed by atoms with van der Waals surface area (Å²) in [5.41, 5.74) is 0.821. The number of carbonyl (C=O) groups is 1. The van der Waals surface area contributed by atoms with Gasteiger partial charge >= 0.3 is 5.97 Å². The first-order chi connectivity index (χ1) is 7.04. The van der Waals surface area contributed by atoms with Crippen LogP contribution in [-0.4, -0.2) is 12.6 Å². The first-order valence-corrected chi connectivity index (χ1v) is 6.30. The van der Waals surface area contributed by atoms with E-state index < -0.39 is 0 Å². The second kappa shape index (κ2) is 5.87. The lowest BCUT2D eigenvalue weighted by Gasteiger charge is -2.06. The molecule has 0 aliphatic rings. The van der Waals surface area contributed by atoms with E-state index in [4.69, 9.17) is 16.3 Å². The third kappa shape index (κ3) is 3.78. The van der Waals surface area contributed by atoms with Crippen molar-refractivity contribution in [3.8, 4) is 0 Å². The lowest BCUT2D eigenvalue weighted by molar-refractivity contribution is -0.142. The van der Waals surface area contributed by atoms with Gasteiger partial charge in [0.1, 0.15) is 0 Å². The Bertz CT molecular complexity index is 380. The summed E-state index contributed by atoms with van der Waals surface area (Å²) in [6.07, 6.45) is 0.224. The van der Waals surface area contributed by atoms with E-state index in [9.17, 15) is 4.79 Å². The standard InChI is InChI=1S/C10H9Br2ClO2/c1-2-15-10(14)4-6-3-9(13)8(12)5-7(6)11/h3,5H,2,4H2,1H3. The number of esters is 1. The molecule has 0 unspecified atom stereocenters. The fourth-order valence-electron chi connectivity index (χ4n) is 1.07. The summed E-state index contributed by atoms with van der Waals surface area (Å²) in [5, 5.41) is 0.581. The Balaban J connectivity index is 2.86. The summed E-state index contributed by atoms with van der Waals surface area (Å²) in [7, 11) is 0. The number of carbonyl (C=O) groups excluding carboxylic acids is 1. The van der Waals surface area contributed by atoms with E-state index in [1.165, 1.54) is 0 Å². The zero-order valence-electron chi connectivity index (χ0n) is 8.02. The molecule has 0 aliphatic carbocycles. The first kappa shape index (κ1) is 13.0. The first-order valence-electron chi connectivity index (χ1n) is 4.33. The highest BCUT2D eigenvalue weighted by Crippen LogP contribution is 2.29. The minimum Gasteiger partial charge on any atom is -0.466 e. The molecule has 0 aromatic heterocycles. The summed E-state index contributed by atoms with van der Waals surface area (Å²) in [4.78, 5) is 11.3. The largest absolute Gasteiger partial charge is 0.466 e. The minimum atomic E-state index is -0.253. The second-order valence-electron chi connectivity index (χ2n) is 2.84. The van der Waals surface area contributed by atoms with Gasteiger partial charge in [-0.3, -0.25) is 4.79 Å². The SMILES string of the molecule is CCOC(=O)Cc1cc(Cl)c(Br)cc1Br. The Morgan fingerprint density at radius 1 is 1.40 bits per heavy atom. The molecule has 0 radical (unpaired) electrons. The molecule has 1 aromatic rings. The van der Waals surface area contributed by atoms with Crippen LogP contribution in [0.3, 0.4) is 0 Å². The molecule has 1 aromatic carbocycles. The third-order valence-corrected chi connectivity index (χ3v) is 3.66. The van der Waals surface area contributed by atoms with Crippen LogP contribution in [0.25, 0.3) is 0 Å². The van der Waals surface area contributed by atoms with Gasteiger partial charge < -0.3 is 4.74 Å². The van der Waals surface area contributed by atoms with Crippen LogP contribution in [0.15, 0.2) is 21.1 Å². The molecular formula is C10H9Br2ClO2. The van der Waals surface area contributed by atoms with Gasteiger partial charge in [-0.1, -0.05) is 27.5 Å². The van der Waals surface area contributed by atoms with E-state index in [1.54, 1.807) is 13.0 Å². The molecule has 0 spiro atoms. The van der Waals surface area contributed by atoms with Gasteiger partial charge in [0, 0.05) is 8.95 Å². The van der Waals surface area contributed by atoms with Crippen molar-refractivity contribution in [3.63, 3.8) is 0 Å². The zero-order chi connectivity index (χ0) is 11.4. The van der Waals surface area contributed by atoms with E-state index >= 15 is 0 Å². The lowest BCUT2D eigenvalue weighted by Crippen LogP contribution is -2.07. The number of rotatable bonds is 3. The summed E-state index contributed by atoms with van der Waals surface area (Å²) in [6, 6.07) is 3.56. The third-order valence-electron chi connectivity index (χ3n) is 1.73. The van der Waals surface area contributed by atoms with Crippen LogP contribution in [0.5, 0.6) is 0 Å². The van der Waals surface area contributed by atoms with Gasteiger partial charge in [0.2, 0.25) is 0 Å².